The van der Waals surface area contributed by atoms with Gasteiger partial charge in [-0.1, -0.05) is 23.7 Å². The van der Waals surface area contributed by atoms with Gasteiger partial charge in [0, 0.05) is 5.02 Å². The van der Waals surface area contributed by atoms with E-state index in [-0.39, 0.29) is 5.57 Å². The molecule has 0 unspecified atom stereocenters. The van der Waals surface area contributed by atoms with Gasteiger partial charge >= 0.3 is 0 Å². The smallest absolute Gasteiger partial charge is 0.259 e. The van der Waals surface area contributed by atoms with Gasteiger partial charge in [-0.05, 0) is 64.1 Å². The lowest BCUT2D eigenvalue weighted by atomic mass is 10.1. The highest BCUT2D eigenvalue weighted by molar-refractivity contribution is 14.1. The van der Waals surface area contributed by atoms with Crippen LogP contribution in [0, 0.1) is 14.9 Å². The van der Waals surface area contributed by atoms with Crippen molar-refractivity contribution in [3.8, 4) is 17.6 Å². The Hall–Kier alpha value is -2.24. The van der Waals surface area contributed by atoms with Crippen molar-refractivity contribution in [2.45, 2.75) is 6.61 Å². The molecule has 0 aromatic heterocycles. The van der Waals surface area contributed by atoms with Crippen LogP contribution in [0.5, 0.6) is 11.5 Å². The Balaban J connectivity index is 2.31. The predicted molar refractivity (Wildman–Crippen MR) is 104 cm³/mol. The van der Waals surface area contributed by atoms with Gasteiger partial charge < -0.3 is 15.2 Å². The maximum absolute atomic E-state index is 11.2. The summed E-state index contributed by atoms with van der Waals surface area (Å²) in [6, 6.07) is 12.6. The zero-order valence-electron chi connectivity index (χ0n) is 13.3. The largest absolute Gasteiger partial charge is 0.493 e. The van der Waals surface area contributed by atoms with E-state index in [9.17, 15) is 4.79 Å². The fraction of sp³-hybridized carbons (Fsp3) is 0.111. The molecule has 0 bridgehead atoms. The molecule has 0 radical (unpaired) electrons. The van der Waals surface area contributed by atoms with Crippen LogP contribution in [0.15, 0.2) is 42.0 Å². The van der Waals surface area contributed by atoms with Gasteiger partial charge in [0.2, 0.25) is 0 Å². The van der Waals surface area contributed by atoms with Crippen LogP contribution < -0.4 is 15.2 Å². The van der Waals surface area contributed by atoms with Crippen molar-refractivity contribution in [3.63, 3.8) is 0 Å². The van der Waals surface area contributed by atoms with Crippen LogP contribution in [0.1, 0.15) is 11.1 Å². The van der Waals surface area contributed by atoms with Crippen molar-refractivity contribution in [1.29, 1.82) is 5.26 Å². The average molecular weight is 469 g/mol. The van der Waals surface area contributed by atoms with E-state index in [2.05, 4.69) is 22.6 Å². The first-order valence-corrected chi connectivity index (χ1v) is 8.56. The molecule has 0 aliphatic rings. The number of carbonyl (C=O) groups excluding carboxylic acids is 1. The third kappa shape index (κ3) is 5.11. The molecule has 7 heteroatoms. The minimum Gasteiger partial charge on any atom is -0.493 e. The topological polar surface area (TPSA) is 85.3 Å². The van der Waals surface area contributed by atoms with Gasteiger partial charge in [0.15, 0.2) is 11.5 Å². The Bertz CT molecular complexity index is 875. The fourth-order valence-electron chi connectivity index (χ4n) is 2.07. The minimum absolute atomic E-state index is 0.134. The monoisotopic (exact) mass is 468 g/mol. The summed E-state index contributed by atoms with van der Waals surface area (Å²) in [5, 5.41) is 9.59. The second-order valence-electron chi connectivity index (χ2n) is 4.99. The van der Waals surface area contributed by atoms with Gasteiger partial charge in [-0.25, -0.2) is 0 Å². The molecule has 0 heterocycles. The van der Waals surface area contributed by atoms with E-state index in [1.165, 1.54) is 13.2 Å². The molecule has 0 atom stereocenters. The van der Waals surface area contributed by atoms with Crippen molar-refractivity contribution in [1.82, 2.24) is 0 Å². The Morgan fingerprint density at radius 1 is 1.40 bits per heavy atom. The number of hydrogen-bond donors (Lipinski definition) is 1. The summed E-state index contributed by atoms with van der Waals surface area (Å²) in [7, 11) is 1.52. The summed E-state index contributed by atoms with van der Waals surface area (Å²) in [6.45, 7) is 0.326. The van der Waals surface area contributed by atoms with Crippen molar-refractivity contribution >= 4 is 46.2 Å². The zero-order valence-corrected chi connectivity index (χ0v) is 16.2. The van der Waals surface area contributed by atoms with E-state index in [0.717, 1.165) is 9.13 Å². The first-order chi connectivity index (χ1) is 11.9. The van der Waals surface area contributed by atoms with E-state index in [4.69, 9.17) is 32.1 Å². The van der Waals surface area contributed by atoms with Gasteiger partial charge in [-0.3, -0.25) is 4.79 Å². The fourth-order valence-corrected chi connectivity index (χ4v) is 3.06. The Kier molecular flexibility index (Phi) is 6.67. The zero-order chi connectivity index (χ0) is 18.4. The first-order valence-electron chi connectivity index (χ1n) is 7.11. The van der Waals surface area contributed by atoms with E-state index >= 15 is 0 Å². The molecule has 2 aromatic carbocycles. The van der Waals surface area contributed by atoms with Crippen molar-refractivity contribution in [3.05, 3.63) is 61.7 Å². The molecule has 0 aliphatic heterocycles. The normalized spacial score (nSPS) is 10.9. The second kappa shape index (κ2) is 8.74. The lowest BCUT2D eigenvalue weighted by Crippen LogP contribution is -2.12. The Morgan fingerprint density at radius 2 is 2.16 bits per heavy atom. The molecule has 128 valence electrons. The highest BCUT2D eigenvalue weighted by Gasteiger charge is 2.13. The van der Waals surface area contributed by atoms with Crippen LogP contribution in [0.25, 0.3) is 6.08 Å². The van der Waals surface area contributed by atoms with Gasteiger partial charge in [0.1, 0.15) is 18.2 Å². The number of halogens is 2. The number of carbonyl (C=O) groups is 1. The number of rotatable bonds is 6. The van der Waals surface area contributed by atoms with Crippen molar-refractivity contribution in [2.24, 2.45) is 5.73 Å². The van der Waals surface area contributed by atoms with Crippen LogP contribution in [-0.2, 0) is 11.4 Å². The van der Waals surface area contributed by atoms with Gasteiger partial charge in [0.05, 0.1) is 10.7 Å². The molecule has 2 rings (SSSR count). The summed E-state index contributed by atoms with van der Waals surface area (Å²) in [5.74, 6) is 0.275. The maximum Gasteiger partial charge on any atom is 0.259 e. The van der Waals surface area contributed by atoms with Crippen LogP contribution >= 0.6 is 34.2 Å². The summed E-state index contributed by atoms with van der Waals surface area (Å²) in [6.07, 6.45) is 1.41. The molecule has 0 saturated heterocycles. The number of primary amides is 1. The Labute approximate surface area is 164 Å². The third-order valence-corrected chi connectivity index (χ3v) is 4.26. The quantitative estimate of drug-likeness (QED) is 0.395. The number of hydrogen-bond acceptors (Lipinski definition) is 4. The van der Waals surface area contributed by atoms with Gasteiger partial charge in [0.25, 0.3) is 5.91 Å². The summed E-state index contributed by atoms with van der Waals surface area (Å²) >= 11 is 8.07. The summed E-state index contributed by atoms with van der Waals surface area (Å²) in [5.41, 5.74) is 6.57. The molecule has 5 nitrogen and oxygen atoms in total. The molecule has 0 spiro atoms. The summed E-state index contributed by atoms with van der Waals surface area (Å²) < 4.78 is 12.0. The predicted octanol–water partition coefficient (Wildman–Crippen LogP) is 3.92. The highest BCUT2D eigenvalue weighted by Crippen LogP contribution is 2.35. The number of nitrogens with two attached hydrogens (primary N) is 1. The number of ether oxygens (including phenoxy) is 2. The molecule has 0 aliphatic carbocycles. The van der Waals surface area contributed by atoms with E-state index in [1.54, 1.807) is 24.3 Å². The molecule has 2 aromatic rings. The van der Waals surface area contributed by atoms with Crippen LogP contribution in [-0.4, -0.2) is 13.0 Å². The molecule has 1 amide bonds. The van der Waals surface area contributed by atoms with Crippen molar-refractivity contribution < 1.29 is 14.3 Å². The summed E-state index contributed by atoms with van der Waals surface area (Å²) in [4.78, 5) is 11.2. The highest BCUT2D eigenvalue weighted by atomic mass is 127. The SMILES string of the molecule is COc1cc(/C=C(\C#N)C(N)=O)cc(I)c1OCc1cccc(Cl)c1. The molecular formula is C18H14ClIN2O3. The number of benzene rings is 2. The molecular weight excluding hydrogens is 455 g/mol. The average Bonchev–Trinajstić information content (AvgIpc) is 2.58. The second-order valence-corrected chi connectivity index (χ2v) is 6.59. The van der Waals surface area contributed by atoms with Gasteiger partial charge in [-0.2, -0.15) is 5.26 Å². The molecule has 2 N–H and O–H groups in total. The van der Waals surface area contributed by atoms with E-state index in [0.29, 0.717) is 28.7 Å². The molecule has 0 saturated carbocycles. The number of nitriles is 1. The lowest BCUT2D eigenvalue weighted by Gasteiger charge is -2.14. The van der Waals surface area contributed by atoms with Crippen LogP contribution in [0.3, 0.4) is 0 Å². The maximum atomic E-state index is 11.2. The van der Waals surface area contributed by atoms with E-state index < -0.39 is 5.91 Å². The number of nitrogens with zero attached hydrogens (tertiary/aromatic N) is 1. The Morgan fingerprint density at radius 3 is 2.76 bits per heavy atom. The van der Waals surface area contributed by atoms with E-state index in [1.807, 2.05) is 18.2 Å². The molecule has 25 heavy (non-hydrogen) atoms. The minimum atomic E-state index is -0.780. The van der Waals surface area contributed by atoms with Crippen LogP contribution in [0.2, 0.25) is 5.02 Å². The first kappa shape index (κ1) is 19.1. The lowest BCUT2D eigenvalue weighted by molar-refractivity contribution is -0.114. The van der Waals surface area contributed by atoms with Gasteiger partial charge in [-0.15, -0.1) is 0 Å². The standard InChI is InChI=1S/C18H14ClIN2O3/c1-24-16-8-12(5-13(9-21)18(22)23)7-15(20)17(16)25-10-11-3-2-4-14(19)6-11/h2-8H,10H2,1H3,(H2,22,23)/b13-5+. The molecule has 0 fully saturated rings. The number of amides is 1. The van der Waals surface area contributed by atoms with Crippen LogP contribution in [0.4, 0.5) is 0 Å². The van der Waals surface area contributed by atoms with Crippen molar-refractivity contribution in [2.75, 3.05) is 7.11 Å². The number of methoxy groups -OCH3 is 1. The third-order valence-electron chi connectivity index (χ3n) is 3.22.